The van der Waals surface area contributed by atoms with Crippen LogP contribution in [0.4, 0.5) is 0 Å². The highest BCUT2D eigenvalue weighted by Gasteiger charge is 2.64. The second-order valence-corrected chi connectivity index (χ2v) is 7.23. The summed E-state index contributed by atoms with van der Waals surface area (Å²) in [6.07, 6.45) is 0. The number of esters is 2. The number of nitrogens with two attached hydrogens (primary N) is 1. The Balaban J connectivity index is 1.87. The number of hydrogen-bond donors (Lipinski definition) is 1. The topological polar surface area (TPSA) is 108 Å². The van der Waals surface area contributed by atoms with Gasteiger partial charge in [-0.25, -0.2) is 4.79 Å². The molecule has 0 radical (unpaired) electrons. The van der Waals surface area contributed by atoms with Crippen LogP contribution in [0.2, 0.25) is 0 Å². The van der Waals surface area contributed by atoms with E-state index in [2.05, 4.69) is 0 Å². The van der Waals surface area contributed by atoms with Crippen LogP contribution in [0, 0.1) is 0 Å². The van der Waals surface area contributed by atoms with Crippen molar-refractivity contribution < 1.29 is 28.6 Å². The third-order valence-corrected chi connectivity index (χ3v) is 5.86. The minimum Gasteiger partial charge on any atom is -0.461 e. The number of rotatable bonds is 6. The lowest BCUT2D eigenvalue weighted by atomic mass is 10.0. The number of methoxy groups -OCH3 is 1. The third kappa shape index (κ3) is 3.45. The first-order valence-corrected chi connectivity index (χ1v) is 9.24. The molecule has 1 fully saturated rings. The first-order chi connectivity index (χ1) is 12.9. The zero-order valence-corrected chi connectivity index (χ0v) is 15.8. The molecule has 1 saturated heterocycles. The molecule has 0 spiro atoms. The highest BCUT2D eigenvalue weighted by atomic mass is 32.2. The van der Waals surface area contributed by atoms with Crippen LogP contribution in [0.5, 0.6) is 0 Å². The molecule has 2 unspecified atom stereocenters. The van der Waals surface area contributed by atoms with Gasteiger partial charge in [0.2, 0.25) is 5.06 Å². The average molecular weight is 392 g/mol. The molecule has 9 heteroatoms. The molecule has 3 rings (SSSR count). The molecule has 0 aromatic heterocycles. The van der Waals surface area contributed by atoms with Crippen molar-refractivity contribution in [3.05, 3.63) is 47.2 Å². The van der Waals surface area contributed by atoms with Gasteiger partial charge in [-0.15, -0.1) is 0 Å². The zero-order valence-electron chi connectivity index (χ0n) is 15.0. The second-order valence-electron chi connectivity index (χ2n) is 6.07. The van der Waals surface area contributed by atoms with E-state index >= 15 is 0 Å². The number of amides is 1. The van der Waals surface area contributed by atoms with E-state index in [1.165, 1.54) is 30.7 Å². The van der Waals surface area contributed by atoms with E-state index in [1.807, 2.05) is 30.3 Å². The van der Waals surface area contributed by atoms with Gasteiger partial charge in [0, 0.05) is 25.4 Å². The Hall–Kier alpha value is -2.36. The van der Waals surface area contributed by atoms with E-state index in [-0.39, 0.29) is 18.9 Å². The summed E-state index contributed by atoms with van der Waals surface area (Å²) in [5.74, 6) is -1.31. The molecule has 0 saturated carbocycles. The quantitative estimate of drug-likeness (QED) is 0.558. The van der Waals surface area contributed by atoms with Crippen LogP contribution in [0.25, 0.3) is 0 Å². The lowest BCUT2D eigenvalue weighted by Crippen LogP contribution is -2.78. The van der Waals surface area contributed by atoms with Crippen molar-refractivity contribution in [2.24, 2.45) is 5.73 Å². The first-order valence-electron chi connectivity index (χ1n) is 8.26. The van der Waals surface area contributed by atoms with Gasteiger partial charge in [-0.05, 0) is 5.56 Å². The van der Waals surface area contributed by atoms with Crippen molar-refractivity contribution in [3.8, 4) is 0 Å². The van der Waals surface area contributed by atoms with Gasteiger partial charge in [0.1, 0.15) is 25.0 Å². The van der Waals surface area contributed by atoms with Crippen LogP contribution in [0.1, 0.15) is 12.5 Å². The number of benzene rings is 1. The fourth-order valence-corrected chi connectivity index (χ4v) is 4.27. The van der Waals surface area contributed by atoms with E-state index in [9.17, 15) is 14.4 Å². The number of carbonyl (C=O) groups is 3. The van der Waals surface area contributed by atoms with E-state index < -0.39 is 28.9 Å². The van der Waals surface area contributed by atoms with Crippen molar-refractivity contribution in [2.45, 2.75) is 24.6 Å². The molecule has 2 atom stereocenters. The SMILES string of the molecule is COC12SCC(COC(C)=O)=C(C(=O)OCc3ccccc3)N1C(=O)C2N. The molecular weight excluding hydrogens is 372 g/mol. The monoisotopic (exact) mass is 392 g/mol. The molecule has 2 aliphatic heterocycles. The Labute approximate surface area is 160 Å². The van der Waals surface area contributed by atoms with Crippen LogP contribution < -0.4 is 5.73 Å². The third-order valence-electron chi connectivity index (χ3n) is 4.35. The normalized spacial score (nSPS) is 24.2. The van der Waals surface area contributed by atoms with E-state index in [1.54, 1.807) is 0 Å². The van der Waals surface area contributed by atoms with Crippen molar-refractivity contribution in [3.63, 3.8) is 0 Å². The van der Waals surface area contributed by atoms with Gasteiger partial charge in [0.05, 0.1) is 0 Å². The predicted octanol–water partition coefficient (Wildman–Crippen LogP) is 0.763. The van der Waals surface area contributed by atoms with E-state index in [0.29, 0.717) is 11.3 Å². The Kier molecular flexibility index (Phi) is 5.54. The van der Waals surface area contributed by atoms with Crippen molar-refractivity contribution >= 4 is 29.6 Å². The highest BCUT2D eigenvalue weighted by Crippen LogP contribution is 2.49. The van der Waals surface area contributed by atoms with Crippen LogP contribution in [0.15, 0.2) is 41.6 Å². The first kappa shape index (κ1) is 19.4. The summed E-state index contributed by atoms with van der Waals surface area (Å²) in [5, 5.41) is -1.15. The fourth-order valence-electron chi connectivity index (χ4n) is 2.96. The molecule has 27 heavy (non-hydrogen) atoms. The number of fused-ring (bicyclic) bond motifs is 1. The molecule has 2 aliphatic rings. The smallest absolute Gasteiger partial charge is 0.355 e. The molecular formula is C18H20N2O6S. The largest absolute Gasteiger partial charge is 0.461 e. The van der Waals surface area contributed by atoms with Gasteiger partial charge in [-0.1, -0.05) is 42.1 Å². The summed E-state index contributed by atoms with van der Waals surface area (Å²) in [5.41, 5.74) is 7.23. The maximum absolute atomic E-state index is 12.8. The average Bonchev–Trinajstić information content (AvgIpc) is 2.69. The Bertz CT molecular complexity index is 796. The molecule has 2 N–H and O–H groups in total. The minimum atomic E-state index is -1.15. The molecule has 0 bridgehead atoms. The zero-order chi connectivity index (χ0) is 19.6. The lowest BCUT2D eigenvalue weighted by molar-refractivity contribution is -0.183. The Morgan fingerprint density at radius 3 is 2.59 bits per heavy atom. The molecule has 144 valence electrons. The van der Waals surface area contributed by atoms with Crippen LogP contribution >= 0.6 is 11.8 Å². The molecule has 1 aromatic carbocycles. The maximum Gasteiger partial charge on any atom is 0.355 e. The molecule has 1 aromatic rings. The number of hydrogen-bond acceptors (Lipinski definition) is 8. The summed E-state index contributed by atoms with van der Waals surface area (Å²) in [7, 11) is 1.43. The van der Waals surface area contributed by atoms with Gasteiger partial charge in [-0.3, -0.25) is 14.5 Å². The summed E-state index contributed by atoms with van der Waals surface area (Å²) < 4.78 is 15.9. The summed E-state index contributed by atoms with van der Waals surface area (Å²) in [4.78, 5) is 37.6. The number of ether oxygens (including phenoxy) is 3. The highest BCUT2D eigenvalue weighted by molar-refractivity contribution is 8.00. The maximum atomic E-state index is 12.8. The van der Waals surface area contributed by atoms with Crippen molar-refractivity contribution in [1.29, 1.82) is 0 Å². The number of nitrogens with zero attached hydrogens (tertiary/aromatic N) is 1. The van der Waals surface area contributed by atoms with Gasteiger partial charge in [-0.2, -0.15) is 0 Å². The Morgan fingerprint density at radius 1 is 1.26 bits per heavy atom. The molecule has 8 nitrogen and oxygen atoms in total. The Morgan fingerprint density at radius 2 is 1.96 bits per heavy atom. The standard InChI is InChI=1S/C18H20N2O6S/c1-11(21)25-9-13-10-27-18(24-2)15(19)16(22)20(18)14(13)17(23)26-8-12-6-4-3-5-7-12/h3-7,15H,8-10,19H2,1-2H3. The number of thioether (sulfide) groups is 1. The number of carbonyl (C=O) groups excluding carboxylic acids is 3. The van der Waals surface area contributed by atoms with Crippen molar-refractivity contribution in [1.82, 2.24) is 4.90 Å². The van der Waals surface area contributed by atoms with Gasteiger partial charge in [0.15, 0.2) is 0 Å². The molecule has 2 heterocycles. The van der Waals surface area contributed by atoms with Crippen LogP contribution in [-0.2, 0) is 35.2 Å². The fraction of sp³-hybridized carbons (Fsp3) is 0.389. The van der Waals surface area contributed by atoms with Gasteiger partial charge < -0.3 is 19.9 Å². The second kappa shape index (κ2) is 7.71. The van der Waals surface area contributed by atoms with E-state index in [4.69, 9.17) is 19.9 Å². The van der Waals surface area contributed by atoms with Crippen LogP contribution in [0.3, 0.4) is 0 Å². The number of β-lactam (4-membered cyclic amide) rings is 1. The summed E-state index contributed by atoms with van der Waals surface area (Å²) >= 11 is 1.27. The van der Waals surface area contributed by atoms with Crippen molar-refractivity contribution in [2.75, 3.05) is 19.5 Å². The lowest BCUT2D eigenvalue weighted by Gasteiger charge is -2.56. The summed E-state index contributed by atoms with van der Waals surface area (Å²) in [6, 6.07) is 8.28. The predicted molar refractivity (Wildman–Crippen MR) is 96.9 cm³/mol. The minimum absolute atomic E-state index is 0.0273. The molecule has 0 aliphatic carbocycles. The summed E-state index contributed by atoms with van der Waals surface area (Å²) in [6.45, 7) is 1.20. The van der Waals surface area contributed by atoms with Gasteiger partial charge >= 0.3 is 11.9 Å². The molecule has 1 amide bonds. The van der Waals surface area contributed by atoms with Crippen LogP contribution in [-0.4, -0.2) is 53.3 Å². The van der Waals surface area contributed by atoms with Gasteiger partial charge in [0.25, 0.3) is 5.91 Å². The van der Waals surface area contributed by atoms with E-state index in [0.717, 1.165) is 5.56 Å².